The summed E-state index contributed by atoms with van der Waals surface area (Å²) in [6.45, 7) is 7.02. The molecule has 7 nitrogen and oxygen atoms in total. The molecule has 2 N–H and O–H groups in total. The number of hydrogen-bond donors (Lipinski definition) is 2. The molecule has 0 aliphatic carbocycles. The van der Waals surface area contributed by atoms with E-state index >= 15 is 0 Å². The molecule has 0 radical (unpaired) electrons. The highest BCUT2D eigenvalue weighted by Crippen LogP contribution is 2.29. The van der Waals surface area contributed by atoms with Crippen molar-refractivity contribution in [2.45, 2.75) is 20.8 Å². The van der Waals surface area contributed by atoms with Gasteiger partial charge >= 0.3 is 0 Å². The lowest BCUT2D eigenvalue weighted by Gasteiger charge is -2.17. The Morgan fingerprint density at radius 3 is 2.23 bits per heavy atom. The van der Waals surface area contributed by atoms with E-state index in [-0.39, 0.29) is 10.7 Å². The van der Waals surface area contributed by atoms with E-state index in [0.717, 1.165) is 16.9 Å². The van der Waals surface area contributed by atoms with E-state index in [1.165, 1.54) is 6.08 Å². The normalized spacial score (nSPS) is 13.4. The van der Waals surface area contributed by atoms with Crippen molar-refractivity contribution in [3.63, 3.8) is 0 Å². The standard InChI is InChI=1S/C23H24N2O5S/c1-4-28-20-13-16(12-17-21(26)24-23(31)25-22(17)27)7-8-18(20)29-9-10-30-19-11-14(2)5-6-15(19)3/h5-8,11-13H,4,9-10H2,1-3H3,(H2,24,25,26,27,31). The molecular formula is C23H24N2O5S. The van der Waals surface area contributed by atoms with Crippen LogP contribution in [-0.4, -0.2) is 36.7 Å². The number of benzene rings is 2. The summed E-state index contributed by atoms with van der Waals surface area (Å²) in [6, 6.07) is 11.2. The summed E-state index contributed by atoms with van der Waals surface area (Å²) >= 11 is 4.81. The second-order valence-corrected chi connectivity index (χ2v) is 7.31. The van der Waals surface area contributed by atoms with Gasteiger partial charge in [-0.2, -0.15) is 0 Å². The van der Waals surface area contributed by atoms with Crippen molar-refractivity contribution in [1.82, 2.24) is 10.6 Å². The predicted molar refractivity (Wildman–Crippen MR) is 121 cm³/mol. The summed E-state index contributed by atoms with van der Waals surface area (Å²) in [5.41, 5.74) is 2.78. The van der Waals surface area contributed by atoms with Crippen LogP contribution < -0.4 is 24.8 Å². The lowest BCUT2D eigenvalue weighted by molar-refractivity contribution is -0.123. The summed E-state index contributed by atoms with van der Waals surface area (Å²) in [5, 5.41) is 4.81. The molecule has 1 saturated heterocycles. The molecule has 2 aromatic carbocycles. The smallest absolute Gasteiger partial charge is 0.263 e. The van der Waals surface area contributed by atoms with Crippen molar-refractivity contribution >= 4 is 35.2 Å². The molecule has 0 bridgehead atoms. The van der Waals surface area contributed by atoms with Crippen molar-refractivity contribution in [3.8, 4) is 17.2 Å². The molecule has 1 aliphatic rings. The minimum Gasteiger partial charge on any atom is -0.490 e. The third kappa shape index (κ3) is 5.82. The average Bonchev–Trinajstić information content (AvgIpc) is 2.72. The summed E-state index contributed by atoms with van der Waals surface area (Å²) in [6.07, 6.45) is 1.47. The predicted octanol–water partition coefficient (Wildman–Crippen LogP) is 3.07. The number of thiocarbonyl (C=S) groups is 1. The monoisotopic (exact) mass is 440 g/mol. The van der Waals surface area contributed by atoms with Crippen LogP contribution in [0.25, 0.3) is 6.08 Å². The number of hydrogen-bond acceptors (Lipinski definition) is 6. The SMILES string of the molecule is CCOc1cc(C=C2C(=O)NC(=S)NC2=O)ccc1OCCOc1cc(C)ccc1C. The van der Waals surface area contributed by atoms with Crippen LogP contribution in [-0.2, 0) is 9.59 Å². The average molecular weight is 441 g/mol. The van der Waals surface area contributed by atoms with Gasteiger partial charge in [0, 0.05) is 0 Å². The third-order valence-corrected chi connectivity index (χ3v) is 4.67. The molecule has 31 heavy (non-hydrogen) atoms. The van der Waals surface area contributed by atoms with Crippen LogP contribution in [0.3, 0.4) is 0 Å². The van der Waals surface area contributed by atoms with Crippen molar-refractivity contribution in [1.29, 1.82) is 0 Å². The quantitative estimate of drug-likeness (QED) is 0.284. The van der Waals surface area contributed by atoms with Crippen LogP contribution in [0.2, 0.25) is 0 Å². The summed E-state index contributed by atoms with van der Waals surface area (Å²) in [4.78, 5) is 24.1. The van der Waals surface area contributed by atoms with Gasteiger partial charge in [0.05, 0.1) is 6.61 Å². The van der Waals surface area contributed by atoms with Gasteiger partial charge in [-0.3, -0.25) is 20.2 Å². The first-order chi connectivity index (χ1) is 14.9. The van der Waals surface area contributed by atoms with Gasteiger partial charge in [0.15, 0.2) is 16.6 Å². The first-order valence-electron chi connectivity index (χ1n) is 9.85. The van der Waals surface area contributed by atoms with E-state index in [2.05, 4.69) is 10.6 Å². The second-order valence-electron chi connectivity index (χ2n) is 6.90. The topological polar surface area (TPSA) is 85.9 Å². The first-order valence-corrected chi connectivity index (χ1v) is 10.3. The highest BCUT2D eigenvalue weighted by molar-refractivity contribution is 7.80. The Morgan fingerprint density at radius 1 is 0.871 bits per heavy atom. The Balaban J connectivity index is 1.68. The molecule has 0 spiro atoms. The van der Waals surface area contributed by atoms with Gasteiger partial charge in [-0.1, -0.05) is 18.2 Å². The van der Waals surface area contributed by atoms with Crippen LogP contribution in [0, 0.1) is 13.8 Å². The summed E-state index contributed by atoms with van der Waals surface area (Å²) in [5.74, 6) is 0.799. The van der Waals surface area contributed by atoms with Crippen molar-refractivity contribution in [2.75, 3.05) is 19.8 Å². The Labute approximate surface area is 186 Å². The maximum absolute atomic E-state index is 12.0. The van der Waals surface area contributed by atoms with E-state index in [4.69, 9.17) is 26.4 Å². The van der Waals surface area contributed by atoms with Crippen LogP contribution in [0.15, 0.2) is 42.0 Å². The molecule has 2 amide bonds. The lowest BCUT2D eigenvalue weighted by atomic mass is 10.1. The molecule has 162 valence electrons. The molecule has 1 aliphatic heterocycles. The molecule has 8 heteroatoms. The molecule has 0 saturated carbocycles. The van der Waals surface area contributed by atoms with Crippen LogP contribution in [0.5, 0.6) is 17.2 Å². The highest BCUT2D eigenvalue weighted by Gasteiger charge is 2.25. The maximum Gasteiger partial charge on any atom is 0.263 e. The fourth-order valence-corrected chi connectivity index (χ4v) is 3.13. The van der Waals surface area contributed by atoms with Gasteiger partial charge in [0.1, 0.15) is 24.5 Å². The minimum absolute atomic E-state index is 0.00557. The molecule has 0 aromatic heterocycles. The van der Waals surface area contributed by atoms with E-state index < -0.39 is 11.8 Å². The molecule has 0 unspecified atom stereocenters. The minimum atomic E-state index is -0.546. The van der Waals surface area contributed by atoms with Crippen LogP contribution >= 0.6 is 12.2 Å². The molecule has 1 heterocycles. The molecular weight excluding hydrogens is 416 g/mol. The highest BCUT2D eigenvalue weighted by atomic mass is 32.1. The zero-order valence-electron chi connectivity index (χ0n) is 17.6. The molecule has 1 fully saturated rings. The Hall–Kier alpha value is -3.39. The molecule has 3 rings (SSSR count). The number of rotatable bonds is 8. The van der Waals surface area contributed by atoms with Gasteiger partial charge in [-0.05, 0) is 74.0 Å². The Kier molecular flexibility index (Phi) is 7.25. The van der Waals surface area contributed by atoms with Gasteiger partial charge in [-0.25, -0.2) is 0 Å². The van der Waals surface area contributed by atoms with Gasteiger partial charge < -0.3 is 14.2 Å². The zero-order chi connectivity index (χ0) is 22.4. The molecule has 0 atom stereocenters. The number of aryl methyl sites for hydroxylation is 2. The van der Waals surface area contributed by atoms with Crippen molar-refractivity contribution < 1.29 is 23.8 Å². The summed E-state index contributed by atoms with van der Waals surface area (Å²) < 4.78 is 17.3. The van der Waals surface area contributed by atoms with Crippen LogP contribution in [0.4, 0.5) is 0 Å². The van der Waals surface area contributed by atoms with E-state index in [1.807, 2.05) is 39.0 Å². The van der Waals surface area contributed by atoms with Gasteiger partial charge in [0.25, 0.3) is 11.8 Å². The first kappa shape index (κ1) is 22.3. The maximum atomic E-state index is 12.0. The Bertz CT molecular complexity index is 1030. The van der Waals surface area contributed by atoms with Gasteiger partial charge in [0.2, 0.25) is 0 Å². The number of carbonyl (C=O) groups excluding carboxylic acids is 2. The third-order valence-electron chi connectivity index (χ3n) is 4.46. The number of nitrogens with one attached hydrogen (secondary N) is 2. The van der Waals surface area contributed by atoms with Gasteiger partial charge in [-0.15, -0.1) is 0 Å². The van der Waals surface area contributed by atoms with E-state index in [9.17, 15) is 9.59 Å². The van der Waals surface area contributed by atoms with E-state index in [1.54, 1.807) is 18.2 Å². The second kappa shape index (κ2) is 10.1. The number of amides is 2. The van der Waals surface area contributed by atoms with Crippen LogP contribution in [0.1, 0.15) is 23.6 Å². The van der Waals surface area contributed by atoms with Crippen molar-refractivity contribution in [2.24, 2.45) is 0 Å². The van der Waals surface area contributed by atoms with E-state index in [0.29, 0.717) is 36.9 Å². The zero-order valence-corrected chi connectivity index (χ0v) is 18.4. The number of ether oxygens (including phenoxy) is 3. The Morgan fingerprint density at radius 2 is 1.55 bits per heavy atom. The summed E-state index contributed by atoms with van der Waals surface area (Å²) in [7, 11) is 0. The fourth-order valence-electron chi connectivity index (χ4n) is 2.94. The number of carbonyl (C=O) groups is 2. The largest absolute Gasteiger partial charge is 0.490 e. The lowest BCUT2D eigenvalue weighted by Crippen LogP contribution is -2.51. The van der Waals surface area contributed by atoms with Crippen molar-refractivity contribution in [3.05, 3.63) is 58.7 Å². The fraction of sp³-hybridized carbons (Fsp3) is 0.261. The molecule has 2 aromatic rings.